The van der Waals surface area contributed by atoms with Crippen LogP contribution < -0.4 is 0 Å². The normalized spacial score (nSPS) is 29.6. The summed E-state index contributed by atoms with van der Waals surface area (Å²) < 4.78 is 0. The van der Waals surface area contributed by atoms with E-state index < -0.39 is 0 Å². The lowest BCUT2D eigenvalue weighted by Crippen LogP contribution is -2.50. The van der Waals surface area contributed by atoms with Gasteiger partial charge >= 0.3 is 0 Å². The smallest absolute Gasteiger partial charge is 0.144 e. The van der Waals surface area contributed by atoms with E-state index in [0.717, 1.165) is 6.42 Å². The highest BCUT2D eigenvalue weighted by Gasteiger charge is 2.51. The first-order chi connectivity index (χ1) is 3.86. The van der Waals surface area contributed by atoms with Crippen LogP contribution in [0.3, 0.4) is 0 Å². The third-order valence-electron chi connectivity index (χ3n) is 2.11. The second-order valence-electron chi connectivity index (χ2n) is 4.27. The zero-order valence-corrected chi connectivity index (χ0v) is 6.62. The van der Waals surface area contributed by atoms with Crippen molar-refractivity contribution < 1.29 is 4.79 Å². The Morgan fingerprint density at radius 1 is 1.11 bits per heavy atom. The van der Waals surface area contributed by atoms with E-state index in [-0.39, 0.29) is 10.8 Å². The minimum atomic E-state index is -0.0243. The maximum atomic E-state index is 11.2. The van der Waals surface area contributed by atoms with E-state index in [2.05, 4.69) is 0 Å². The zero-order chi connectivity index (χ0) is 7.28. The van der Waals surface area contributed by atoms with Gasteiger partial charge in [-0.15, -0.1) is 0 Å². The Kier molecular flexibility index (Phi) is 1.05. The first-order valence-electron chi connectivity index (χ1n) is 3.41. The standard InChI is InChI=1S/C8H14O/c1-7(2)5-8(3,4)6(7)9/h5H2,1-4H3. The minimum Gasteiger partial charge on any atom is -0.299 e. The topological polar surface area (TPSA) is 17.1 Å². The molecule has 0 N–H and O–H groups in total. The van der Waals surface area contributed by atoms with Crippen LogP contribution in [0, 0.1) is 10.8 Å². The van der Waals surface area contributed by atoms with Crippen LogP contribution in [0.2, 0.25) is 0 Å². The third-order valence-corrected chi connectivity index (χ3v) is 2.11. The molecule has 0 aromatic carbocycles. The fourth-order valence-electron chi connectivity index (χ4n) is 2.07. The number of carbonyl (C=O) groups is 1. The summed E-state index contributed by atoms with van der Waals surface area (Å²) in [5, 5.41) is 0. The van der Waals surface area contributed by atoms with Gasteiger partial charge < -0.3 is 0 Å². The van der Waals surface area contributed by atoms with Gasteiger partial charge in [0, 0.05) is 10.8 Å². The molecule has 9 heavy (non-hydrogen) atoms. The van der Waals surface area contributed by atoms with Crippen LogP contribution in [0.1, 0.15) is 34.1 Å². The van der Waals surface area contributed by atoms with Crippen molar-refractivity contribution in [3.63, 3.8) is 0 Å². The predicted molar refractivity (Wildman–Crippen MR) is 37.2 cm³/mol. The molecule has 1 fully saturated rings. The molecule has 0 aromatic rings. The number of rotatable bonds is 0. The van der Waals surface area contributed by atoms with E-state index >= 15 is 0 Å². The molecule has 1 aliphatic carbocycles. The fraction of sp³-hybridized carbons (Fsp3) is 0.875. The molecule has 0 unspecified atom stereocenters. The third kappa shape index (κ3) is 0.790. The van der Waals surface area contributed by atoms with E-state index in [1.807, 2.05) is 27.7 Å². The van der Waals surface area contributed by atoms with Gasteiger partial charge in [0.2, 0.25) is 0 Å². The summed E-state index contributed by atoms with van der Waals surface area (Å²) in [5.41, 5.74) is -0.0486. The van der Waals surface area contributed by atoms with Crippen LogP contribution in [0.4, 0.5) is 0 Å². The largest absolute Gasteiger partial charge is 0.299 e. The molecule has 0 bridgehead atoms. The number of ketones is 1. The highest BCUT2D eigenvalue weighted by molar-refractivity contribution is 5.95. The van der Waals surface area contributed by atoms with Crippen molar-refractivity contribution >= 4 is 5.78 Å². The fourth-order valence-corrected chi connectivity index (χ4v) is 2.07. The van der Waals surface area contributed by atoms with Crippen LogP contribution in [-0.4, -0.2) is 5.78 Å². The van der Waals surface area contributed by atoms with E-state index in [1.54, 1.807) is 0 Å². The SMILES string of the molecule is CC1(C)CC(C)(C)C1=O. The Hall–Kier alpha value is -0.330. The van der Waals surface area contributed by atoms with Crippen molar-refractivity contribution in [2.45, 2.75) is 34.1 Å². The highest BCUT2D eigenvalue weighted by atomic mass is 16.1. The molecular weight excluding hydrogens is 112 g/mol. The predicted octanol–water partition coefficient (Wildman–Crippen LogP) is 2.01. The lowest BCUT2D eigenvalue weighted by molar-refractivity contribution is -0.151. The average Bonchev–Trinajstić information content (AvgIpc) is 1.63. The first kappa shape index (κ1) is 6.79. The molecule has 0 atom stereocenters. The Morgan fingerprint density at radius 2 is 1.44 bits per heavy atom. The zero-order valence-electron chi connectivity index (χ0n) is 6.62. The van der Waals surface area contributed by atoms with Gasteiger partial charge in [0.05, 0.1) is 0 Å². The van der Waals surface area contributed by atoms with E-state index in [9.17, 15) is 4.79 Å². The molecule has 0 radical (unpaired) electrons. The lowest BCUT2D eigenvalue weighted by atomic mass is 9.55. The first-order valence-corrected chi connectivity index (χ1v) is 3.41. The van der Waals surface area contributed by atoms with Crippen molar-refractivity contribution in [3.8, 4) is 0 Å². The molecule has 0 amide bonds. The van der Waals surface area contributed by atoms with Gasteiger partial charge in [-0.2, -0.15) is 0 Å². The van der Waals surface area contributed by atoms with Crippen molar-refractivity contribution in [2.75, 3.05) is 0 Å². The second-order valence-corrected chi connectivity index (χ2v) is 4.27. The van der Waals surface area contributed by atoms with Gasteiger partial charge in [-0.3, -0.25) is 4.79 Å². The molecule has 0 heterocycles. The summed E-state index contributed by atoms with van der Waals surface area (Å²) in [6.45, 7) is 8.06. The molecule has 1 saturated carbocycles. The van der Waals surface area contributed by atoms with Crippen LogP contribution >= 0.6 is 0 Å². The Bertz CT molecular complexity index is 138. The Labute approximate surface area is 56.4 Å². The molecule has 0 spiro atoms. The maximum Gasteiger partial charge on any atom is 0.144 e. The van der Waals surface area contributed by atoms with Gasteiger partial charge in [0.15, 0.2) is 0 Å². The quantitative estimate of drug-likeness (QED) is 0.485. The van der Waals surface area contributed by atoms with Crippen molar-refractivity contribution in [1.82, 2.24) is 0 Å². The Balaban J connectivity index is 2.74. The highest BCUT2D eigenvalue weighted by Crippen LogP contribution is 2.49. The van der Waals surface area contributed by atoms with Crippen molar-refractivity contribution in [2.24, 2.45) is 10.8 Å². The molecule has 1 heteroatoms. The molecule has 0 aromatic heterocycles. The summed E-state index contributed by atoms with van der Waals surface area (Å²) in [5.74, 6) is 0.412. The van der Waals surface area contributed by atoms with Crippen LogP contribution in [0.25, 0.3) is 0 Å². The molecule has 1 aliphatic rings. The van der Waals surface area contributed by atoms with E-state index in [0.29, 0.717) is 5.78 Å². The minimum absolute atomic E-state index is 0.0243. The molecule has 1 nitrogen and oxygen atoms in total. The number of hydrogen-bond acceptors (Lipinski definition) is 1. The number of carbonyl (C=O) groups excluding carboxylic acids is 1. The van der Waals surface area contributed by atoms with E-state index in [4.69, 9.17) is 0 Å². The number of Topliss-reactive ketones (excluding diaryl/α,β-unsaturated/α-hetero) is 1. The second kappa shape index (κ2) is 1.39. The number of hydrogen-bond donors (Lipinski definition) is 0. The molecular formula is C8H14O. The van der Waals surface area contributed by atoms with Gasteiger partial charge in [-0.05, 0) is 6.42 Å². The van der Waals surface area contributed by atoms with Crippen molar-refractivity contribution in [1.29, 1.82) is 0 Å². The summed E-state index contributed by atoms with van der Waals surface area (Å²) in [6.07, 6.45) is 1.04. The van der Waals surface area contributed by atoms with Crippen LogP contribution in [0.5, 0.6) is 0 Å². The summed E-state index contributed by atoms with van der Waals surface area (Å²) in [6, 6.07) is 0. The van der Waals surface area contributed by atoms with Gasteiger partial charge in [0.1, 0.15) is 5.78 Å². The van der Waals surface area contributed by atoms with Gasteiger partial charge in [-0.25, -0.2) is 0 Å². The molecule has 0 saturated heterocycles. The summed E-state index contributed by atoms with van der Waals surface area (Å²) >= 11 is 0. The lowest BCUT2D eigenvalue weighted by Gasteiger charge is -2.46. The van der Waals surface area contributed by atoms with Crippen LogP contribution in [-0.2, 0) is 4.79 Å². The summed E-state index contributed by atoms with van der Waals surface area (Å²) in [7, 11) is 0. The molecule has 0 aliphatic heterocycles. The molecule has 1 rings (SSSR count). The average molecular weight is 126 g/mol. The van der Waals surface area contributed by atoms with Crippen LogP contribution in [0.15, 0.2) is 0 Å². The monoisotopic (exact) mass is 126 g/mol. The molecule has 52 valence electrons. The van der Waals surface area contributed by atoms with Crippen molar-refractivity contribution in [3.05, 3.63) is 0 Å². The van der Waals surface area contributed by atoms with Gasteiger partial charge in [0.25, 0.3) is 0 Å². The Morgan fingerprint density at radius 3 is 1.44 bits per heavy atom. The van der Waals surface area contributed by atoms with E-state index in [1.165, 1.54) is 0 Å². The maximum absolute atomic E-state index is 11.2. The van der Waals surface area contributed by atoms with Gasteiger partial charge in [-0.1, -0.05) is 27.7 Å². The summed E-state index contributed by atoms with van der Waals surface area (Å²) in [4.78, 5) is 11.2.